The van der Waals surface area contributed by atoms with Gasteiger partial charge in [0, 0.05) is 0 Å². The topological polar surface area (TPSA) is 23.1 Å². The molecule has 0 aromatic carbocycles. The molecule has 1 aromatic heterocycles. The van der Waals surface area contributed by atoms with Crippen LogP contribution in [-0.2, 0) is 0 Å². The second-order valence-electron chi connectivity index (χ2n) is 2.49. The quantitative estimate of drug-likeness (QED) is 0.439. The fourth-order valence-corrected chi connectivity index (χ4v) is 2.92. The van der Waals surface area contributed by atoms with Gasteiger partial charge in [-0.3, -0.25) is 0 Å². The van der Waals surface area contributed by atoms with E-state index >= 15 is 0 Å². The van der Waals surface area contributed by atoms with Crippen molar-refractivity contribution in [3.63, 3.8) is 0 Å². The van der Waals surface area contributed by atoms with Gasteiger partial charge in [-0.1, -0.05) is 25.2 Å². The molecule has 0 unspecified atom stereocenters. The predicted octanol–water partition coefficient (Wildman–Crippen LogP) is -2.48. The second kappa shape index (κ2) is 4.04. The standard InChI is InChI=1S/C6H9OSSi.Na/c1-9(2,7)6-4-3-5-8-6;/h3-5H,1-2H3;/q-1;+1. The Balaban J connectivity index is 0.000000810. The van der Waals surface area contributed by atoms with E-state index in [1.54, 1.807) is 11.3 Å². The Morgan fingerprint density at radius 1 is 1.50 bits per heavy atom. The number of rotatable bonds is 1. The Kier molecular flexibility index (Phi) is 4.40. The third-order valence-electron chi connectivity index (χ3n) is 1.11. The molecule has 0 aliphatic heterocycles. The third kappa shape index (κ3) is 2.86. The van der Waals surface area contributed by atoms with Crippen LogP contribution in [0.15, 0.2) is 17.5 Å². The maximum Gasteiger partial charge on any atom is 1.00 e. The van der Waals surface area contributed by atoms with E-state index in [1.165, 1.54) is 0 Å². The first-order valence-corrected chi connectivity index (χ1v) is 6.64. The van der Waals surface area contributed by atoms with Crippen LogP contribution >= 0.6 is 11.3 Å². The van der Waals surface area contributed by atoms with Gasteiger partial charge in [-0.05, 0) is 18.2 Å². The molecule has 10 heavy (non-hydrogen) atoms. The minimum absolute atomic E-state index is 0. The Hall–Kier alpha value is 0.877. The van der Waals surface area contributed by atoms with Gasteiger partial charge in [-0.2, -0.15) is 11.3 Å². The zero-order chi connectivity index (χ0) is 6.91. The van der Waals surface area contributed by atoms with E-state index in [0.717, 1.165) is 4.50 Å². The van der Waals surface area contributed by atoms with Crippen molar-refractivity contribution in [2.24, 2.45) is 0 Å². The van der Waals surface area contributed by atoms with E-state index in [4.69, 9.17) is 0 Å². The van der Waals surface area contributed by atoms with Crippen LogP contribution in [-0.4, -0.2) is 8.32 Å². The van der Waals surface area contributed by atoms with Gasteiger partial charge in [0.05, 0.1) is 0 Å². The van der Waals surface area contributed by atoms with Crippen molar-refractivity contribution in [2.45, 2.75) is 13.1 Å². The molecule has 0 aliphatic carbocycles. The first-order chi connectivity index (χ1) is 4.11. The molecule has 1 aromatic rings. The molecule has 1 nitrogen and oxygen atoms in total. The van der Waals surface area contributed by atoms with Crippen molar-refractivity contribution in [3.05, 3.63) is 17.5 Å². The molecule has 0 atom stereocenters. The molecule has 0 bridgehead atoms. The zero-order valence-electron chi connectivity index (χ0n) is 6.55. The summed E-state index contributed by atoms with van der Waals surface area (Å²) in [5.41, 5.74) is 0. The summed E-state index contributed by atoms with van der Waals surface area (Å²) < 4.78 is 1.04. The van der Waals surface area contributed by atoms with Crippen molar-refractivity contribution in [3.8, 4) is 0 Å². The van der Waals surface area contributed by atoms with Gasteiger partial charge in [0.1, 0.15) is 0 Å². The minimum Gasteiger partial charge on any atom is -0.855 e. The van der Waals surface area contributed by atoms with Crippen LogP contribution < -0.4 is 38.9 Å². The summed E-state index contributed by atoms with van der Waals surface area (Å²) in [6.45, 7) is 3.64. The molecular formula is C6H9NaOSSi. The van der Waals surface area contributed by atoms with Gasteiger partial charge < -0.3 is 4.80 Å². The zero-order valence-corrected chi connectivity index (χ0v) is 10.4. The first-order valence-electron chi connectivity index (χ1n) is 2.85. The van der Waals surface area contributed by atoms with Crippen LogP contribution in [0.3, 0.4) is 0 Å². The predicted molar refractivity (Wildman–Crippen MR) is 41.4 cm³/mol. The molecule has 0 saturated carbocycles. The second-order valence-corrected chi connectivity index (χ2v) is 7.36. The van der Waals surface area contributed by atoms with E-state index in [1.807, 2.05) is 30.6 Å². The molecule has 1 heterocycles. The summed E-state index contributed by atoms with van der Waals surface area (Å²) in [6.07, 6.45) is 0. The van der Waals surface area contributed by atoms with Gasteiger partial charge in [0.15, 0.2) is 0 Å². The Labute approximate surface area is 88.5 Å². The minimum atomic E-state index is -2.21. The Morgan fingerprint density at radius 3 is 2.30 bits per heavy atom. The number of hydrogen-bond donors (Lipinski definition) is 0. The maximum atomic E-state index is 11.3. The van der Waals surface area contributed by atoms with Crippen molar-refractivity contribution in [1.82, 2.24) is 0 Å². The molecule has 0 N–H and O–H groups in total. The molecule has 1 rings (SSSR count). The van der Waals surface area contributed by atoms with Crippen LogP contribution in [0.2, 0.25) is 13.1 Å². The average Bonchev–Trinajstić information content (AvgIpc) is 2.08. The normalized spacial score (nSPS) is 10.7. The largest absolute Gasteiger partial charge is 1.00 e. The van der Waals surface area contributed by atoms with Crippen LogP contribution in [0.4, 0.5) is 0 Å². The summed E-state index contributed by atoms with van der Waals surface area (Å²) in [5.74, 6) is 0. The summed E-state index contributed by atoms with van der Waals surface area (Å²) >= 11 is 1.58. The van der Waals surface area contributed by atoms with Gasteiger partial charge in [-0.25, -0.2) is 0 Å². The fraction of sp³-hybridized carbons (Fsp3) is 0.333. The van der Waals surface area contributed by atoms with Gasteiger partial charge in [0.25, 0.3) is 0 Å². The molecule has 0 radical (unpaired) electrons. The smallest absolute Gasteiger partial charge is 0.855 e. The van der Waals surface area contributed by atoms with E-state index in [0.29, 0.717) is 0 Å². The number of thiophene rings is 1. The van der Waals surface area contributed by atoms with Crippen LogP contribution in [0.25, 0.3) is 0 Å². The summed E-state index contributed by atoms with van der Waals surface area (Å²) in [7, 11) is -2.21. The maximum absolute atomic E-state index is 11.3. The Morgan fingerprint density at radius 2 is 2.10 bits per heavy atom. The molecule has 50 valence electrons. The van der Waals surface area contributed by atoms with E-state index in [2.05, 4.69) is 0 Å². The summed E-state index contributed by atoms with van der Waals surface area (Å²) in [4.78, 5) is 11.3. The van der Waals surface area contributed by atoms with Crippen LogP contribution in [0.5, 0.6) is 0 Å². The number of hydrogen-bond acceptors (Lipinski definition) is 2. The molecule has 0 spiro atoms. The Bertz CT molecular complexity index is 180. The molecular weight excluding hydrogens is 171 g/mol. The van der Waals surface area contributed by atoms with E-state index in [9.17, 15) is 4.80 Å². The molecule has 0 amide bonds. The molecule has 0 aliphatic rings. The van der Waals surface area contributed by atoms with E-state index in [-0.39, 0.29) is 29.6 Å². The average molecular weight is 180 g/mol. The summed E-state index contributed by atoms with van der Waals surface area (Å²) in [5, 5.41) is 1.96. The van der Waals surface area contributed by atoms with Crippen molar-refractivity contribution in [2.75, 3.05) is 0 Å². The van der Waals surface area contributed by atoms with Crippen molar-refractivity contribution < 1.29 is 34.4 Å². The van der Waals surface area contributed by atoms with Gasteiger partial charge >= 0.3 is 29.6 Å². The fourth-order valence-electron chi connectivity index (χ4n) is 0.621. The molecule has 0 saturated heterocycles. The summed E-state index contributed by atoms with van der Waals surface area (Å²) in [6, 6.07) is 3.87. The van der Waals surface area contributed by atoms with Crippen LogP contribution in [0, 0.1) is 0 Å². The van der Waals surface area contributed by atoms with Crippen molar-refractivity contribution in [1.29, 1.82) is 0 Å². The molecule has 4 heteroatoms. The third-order valence-corrected chi connectivity index (χ3v) is 4.98. The van der Waals surface area contributed by atoms with E-state index < -0.39 is 8.32 Å². The van der Waals surface area contributed by atoms with Crippen molar-refractivity contribution >= 4 is 24.2 Å². The molecule has 0 fully saturated rings. The van der Waals surface area contributed by atoms with Gasteiger partial charge in [0.2, 0.25) is 0 Å². The van der Waals surface area contributed by atoms with Crippen LogP contribution in [0.1, 0.15) is 0 Å². The first kappa shape index (κ1) is 10.9. The van der Waals surface area contributed by atoms with Gasteiger partial charge in [-0.15, -0.1) is 0 Å². The SMILES string of the molecule is C[Si](C)([O-])c1cccs1.[Na+]. The monoisotopic (exact) mass is 180 g/mol.